The molecule has 0 amide bonds. The fourth-order valence-corrected chi connectivity index (χ4v) is 2.44. The van der Waals surface area contributed by atoms with E-state index in [0.29, 0.717) is 0 Å². The van der Waals surface area contributed by atoms with Gasteiger partial charge in [-0.3, -0.25) is 0 Å². The lowest BCUT2D eigenvalue weighted by molar-refractivity contribution is 0.238. The Morgan fingerprint density at radius 3 is 2.45 bits per heavy atom. The van der Waals surface area contributed by atoms with Crippen LogP contribution in [0.4, 0.5) is 0 Å². The van der Waals surface area contributed by atoms with Crippen molar-refractivity contribution in [1.82, 2.24) is 0 Å². The van der Waals surface area contributed by atoms with Crippen molar-refractivity contribution in [2.24, 2.45) is 0 Å². The zero-order valence-electron chi connectivity index (χ0n) is 7.34. The lowest BCUT2D eigenvalue weighted by Gasteiger charge is -2.18. The molecule has 0 saturated heterocycles. The highest BCUT2D eigenvalue weighted by Gasteiger charge is 2.14. The molecule has 0 spiro atoms. The summed E-state index contributed by atoms with van der Waals surface area (Å²) in [5.41, 5.74) is -1.95. The lowest BCUT2D eigenvalue weighted by Crippen LogP contribution is -2.04. The van der Waals surface area contributed by atoms with Crippen molar-refractivity contribution < 1.29 is 4.52 Å². The molecular weight excluding hydrogens is 199 g/mol. The van der Waals surface area contributed by atoms with Gasteiger partial charge in [-0.15, -0.1) is 0 Å². The minimum atomic E-state index is -1.95. The van der Waals surface area contributed by atoms with Crippen molar-refractivity contribution in [2.75, 3.05) is 6.16 Å². The number of hydrogen-bond donors (Lipinski definition) is 0. The van der Waals surface area contributed by atoms with Gasteiger partial charge in [0.2, 0.25) is 0 Å². The average molecular weight is 215 g/mol. The number of hydrogen-bond acceptors (Lipinski definition) is 2. The standard InChI is InChI=1S/C7H16ClOPS/c1-4-6-7(3)9-10(8,11)5-2/h7H,4-6H2,1-3H3. The van der Waals surface area contributed by atoms with E-state index in [-0.39, 0.29) is 6.10 Å². The molecule has 0 radical (unpaired) electrons. The van der Waals surface area contributed by atoms with E-state index in [1.807, 2.05) is 13.8 Å². The molecule has 0 fully saturated rings. The van der Waals surface area contributed by atoms with Crippen LogP contribution in [0.15, 0.2) is 0 Å². The normalized spacial score (nSPS) is 19.3. The van der Waals surface area contributed by atoms with Crippen LogP contribution in [0, 0.1) is 0 Å². The van der Waals surface area contributed by atoms with Gasteiger partial charge in [0.25, 0.3) is 0 Å². The summed E-state index contributed by atoms with van der Waals surface area (Å²) >= 11 is 11.0. The average Bonchev–Trinajstić information content (AvgIpc) is 1.87. The largest absolute Gasteiger partial charge is 0.335 e. The second-order valence-electron chi connectivity index (χ2n) is 2.61. The molecule has 0 heterocycles. The van der Waals surface area contributed by atoms with E-state index in [2.05, 4.69) is 6.92 Å². The van der Waals surface area contributed by atoms with E-state index in [1.165, 1.54) is 0 Å². The Bertz CT molecular complexity index is 151. The van der Waals surface area contributed by atoms with Gasteiger partial charge in [0.05, 0.1) is 6.10 Å². The number of rotatable bonds is 5. The van der Waals surface area contributed by atoms with Gasteiger partial charge in [-0.2, -0.15) is 0 Å². The van der Waals surface area contributed by atoms with Gasteiger partial charge in [-0.05, 0) is 13.3 Å². The molecule has 0 aromatic carbocycles. The van der Waals surface area contributed by atoms with Crippen LogP contribution in [0.2, 0.25) is 0 Å². The Morgan fingerprint density at radius 1 is 1.55 bits per heavy atom. The molecule has 4 heteroatoms. The third kappa shape index (κ3) is 6.10. The summed E-state index contributed by atoms with van der Waals surface area (Å²) in [6.45, 7) is 6.14. The van der Waals surface area contributed by atoms with E-state index in [4.69, 9.17) is 27.6 Å². The Hall–Kier alpha value is 0.900. The summed E-state index contributed by atoms with van der Waals surface area (Å²) in [7, 11) is 0. The highest BCUT2D eigenvalue weighted by Crippen LogP contribution is 2.53. The maximum atomic E-state index is 5.95. The first-order valence-electron chi connectivity index (χ1n) is 3.99. The zero-order chi connectivity index (χ0) is 8.91. The van der Waals surface area contributed by atoms with Gasteiger partial charge < -0.3 is 4.52 Å². The van der Waals surface area contributed by atoms with Crippen molar-refractivity contribution in [3.63, 3.8) is 0 Å². The maximum absolute atomic E-state index is 5.95. The van der Waals surface area contributed by atoms with Crippen LogP contribution in [0.25, 0.3) is 0 Å². The van der Waals surface area contributed by atoms with E-state index >= 15 is 0 Å². The van der Waals surface area contributed by atoms with E-state index in [9.17, 15) is 0 Å². The predicted molar refractivity (Wildman–Crippen MR) is 56.1 cm³/mol. The van der Waals surface area contributed by atoms with Crippen molar-refractivity contribution in [2.45, 2.75) is 39.7 Å². The molecule has 0 aliphatic rings. The van der Waals surface area contributed by atoms with Crippen LogP contribution in [0.3, 0.4) is 0 Å². The molecule has 0 aliphatic heterocycles. The molecule has 2 unspecified atom stereocenters. The monoisotopic (exact) mass is 214 g/mol. The highest BCUT2D eigenvalue weighted by atomic mass is 35.7. The molecule has 0 aromatic heterocycles. The zero-order valence-corrected chi connectivity index (χ0v) is 9.81. The molecule has 11 heavy (non-hydrogen) atoms. The Morgan fingerprint density at radius 2 is 2.09 bits per heavy atom. The van der Waals surface area contributed by atoms with Crippen molar-refractivity contribution in [1.29, 1.82) is 0 Å². The maximum Gasteiger partial charge on any atom is 0.151 e. The molecule has 0 aromatic rings. The topological polar surface area (TPSA) is 9.23 Å². The van der Waals surface area contributed by atoms with Gasteiger partial charge in [0.1, 0.15) is 0 Å². The molecule has 0 N–H and O–H groups in total. The van der Waals surface area contributed by atoms with Crippen molar-refractivity contribution in [3.8, 4) is 0 Å². The summed E-state index contributed by atoms with van der Waals surface area (Å²) in [6, 6.07) is 0. The van der Waals surface area contributed by atoms with Crippen LogP contribution in [0.1, 0.15) is 33.6 Å². The minimum absolute atomic E-state index is 0.225. The van der Waals surface area contributed by atoms with Gasteiger partial charge in [0.15, 0.2) is 5.62 Å². The van der Waals surface area contributed by atoms with Crippen LogP contribution >= 0.6 is 16.9 Å². The molecule has 0 saturated carbocycles. The Labute approximate surface area is 79.3 Å². The van der Waals surface area contributed by atoms with Gasteiger partial charge in [-0.1, -0.05) is 43.3 Å². The molecule has 0 rings (SSSR count). The minimum Gasteiger partial charge on any atom is -0.335 e. The van der Waals surface area contributed by atoms with E-state index in [0.717, 1.165) is 19.0 Å². The van der Waals surface area contributed by atoms with Gasteiger partial charge in [0, 0.05) is 6.16 Å². The Kier molecular flexibility index (Phi) is 5.98. The summed E-state index contributed by atoms with van der Waals surface area (Å²) in [5.74, 6) is 0. The molecule has 0 bridgehead atoms. The first-order chi connectivity index (χ1) is 5.02. The molecule has 1 nitrogen and oxygen atoms in total. The van der Waals surface area contributed by atoms with Crippen molar-refractivity contribution >= 4 is 28.7 Å². The fraction of sp³-hybridized carbons (Fsp3) is 1.00. The SMILES string of the molecule is CCCC(C)OP(=S)(Cl)CC. The smallest absolute Gasteiger partial charge is 0.151 e. The molecule has 68 valence electrons. The van der Waals surface area contributed by atoms with Gasteiger partial charge in [-0.25, -0.2) is 0 Å². The fourth-order valence-electron chi connectivity index (χ4n) is 0.802. The number of halogens is 1. The van der Waals surface area contributed by atoms with Crippen LogP contribution in [-0.2, 0) is 16.3 Å². The first-order valence-corrected chi connectivity index (χ1v) is 7.80. The highest BCUT2D eigenvalue weighted by molar-refractivity contribution is 8.24. The summed E-state index contributed by atoms with van der Waals surface area (Å²) in [5, 5.41) is 0. The molecular formula is C7H16ClOPS. The summed E-state index contributed by atoms with van der Waals surface area (Å²) in [6.07, 6.45) is 3.17. The predicted octanol–water partition coefficient (Wildman–Crippen LogP) is 3.76. The van der Waals surface area contributed by atoms with Crippen LogP contribution in [0.5, 0.6) is 0 Å². The summed E-state index contributed by atoms with van der Waals surface area (Å²) in [4.78, 5) is 0. The first kappa shape index (κ1) is 11.9. The van der Waals surface area contributed by atoms with E-state index in [1.54, 1.807) is 0 Å². The second-order valence-corrected chi connectivity index (χ2v) is 8.64. The van der Waals surface area contributed by atoms with Gasteiger partial charge >= 0.3 is 0 Å². The van der Waals surface area contributed by atoms with Crippen molar-refractivity contribution in [3.05, 3.63) is 0 Å². The van der Waals surface area contributed by atoms with Crippen LogP contribution in [-0.4, -0.2) is 12.3 Å². The third-order valence-corrected chi connectivity index (χ3v) is 4.83. The van der Waals surface area contributed by atoms with Crippen LogP contribution < -0.4 is 0 Å². The summed E-state index contributed by atoms with van der Waals surface area (Å²) < 4.78 is 5.52. The Balaban J connectivity index is 3.74. The second kappa shape index (κ2) is 5.53. The third-order valence-electron chi connectivity index (χ3n) is 1.41. The van der Waals surface area contributed by atoms with E-state index < -0.39 is 5.62 Å². The molecule has 2 atom stereocenters. The molecule has 0 aliphatic carbocycles. The lowest BCUT2D eigenvalue weighted by atomic mass is 10.2. The quantitative estimate of drug-likeness (QED) is 0.645.